The zero-order valence-corrected chi connectivity index (χ0v) is 13.6. The van der Waals surface area contributed by atoms with Gasteiger partial charge in [-0.15, -0.1) is 0 Å². The van der Waals surface area contributed by atoms with E-state index < -0.39 is 10.1 Å². The predicted molar refractivity (Wildman–Crippen MR) is 76.9 cm³/mol. The number of rotatable bonds is 2. The first-order valence-electron chi connectivity index (χ1n) is 5.03. The molecule has 2 rings (SSSR count). The third kappa shape index (κ3) is 2.88. The molecule has 0 saturated heterocycles. The largest absolute Gasteiger partial charge is 0.294 e. The maximum absolute atomic E-state index is 11.8. The van der Waals surface area contributed by atoms with Crippen molar-refractivity contribution < 1.29 is 17.8 Å². The molecular formula is C10H8Br2N2O4S. The van der Waals surface area contributed by atoms with Crippen LogP contribution in [0.4, 0.5) is 5.69 Å². The molecule has 102 valence electrons. The molecule has 0 radical (unpaired) electrons. The number of hydrogen-bond donors (Lipinski definition) is 1. The smallest absolute Gasteiger partial charge is 0.282 e. The lowest BCUT2D eigenvalue weighted by atomic mass is 10.3. The number of carbonyl (C=O) groups excluding carboxylic acids is 1. The fourth-order valence-electron chi connectivity index (χ4n) is 1.62. The SMILES string of the molecule is CC1=NN(c2c(Br)cc(S(=O)(=O)O)cc2Br)C(=O)C1. The molecule has 1 aromatic rings. The maximum atomic E-state index is 11.8. The normalized spacial score (nSPS) is 15.9. The number of benzene rings is 1. The van der Waals surface area contributed by atoms with Crippen molar-refractivity contribution in [2.24, 2.45) is 5.10 Å². The Kier molecular flexibility index (Phi) is 3.83. The van der Waals surface area contributed by atoms with Gasteiger partial charge in [0.05, 0.1) is 17.0 Å². The fraction of sp³-hybridized carbons (Fsp3) is 0.200. The molecule has 9 heteroatoms. The molecule has 0 unspecified atom stereocenters. The number of halogens is 2. The first-order valence-corrected chi connectivity index (χ1v) is 8.06. The van der Waals surface area contributed by atoms with E-state index in [1.807, 2.05) is 0 Å². The molecule has 0 bridgehead atoms. The summed E-state index contributed by atoms with van der Waals surface area (Å²) >= 11 is 6.36. The average molecular weight is 412 g/mol. The molecule has 0 aromatic heterocycles. The van der Waals surface area contributed by atoms with Gasteiger partial charge in [-0.2, -0.15) is 18.5 Å². The second-order valence-corrected chi connectivity index (χ2v) is 7.06. The van der Waals surface area contributed by atoms with E-state index in [2.05, 4.69) is 37.0 Å². The number of hydrogen-bond acceptors (Lipinski definition) is 4. The summed E-state index contributed by atoms with van der Waals surface area (Å²) in [6.45, 7) is 1.73. The van der Waals surface area contributed by atoms with E-state index in [4.69, 9.17) is 4.55 Å². The van der Waals surface area contributed by atoms with Gasteiger partial charge in [0.2, 0.25) is 0 Å². The molecule has 1 amide bonds. The lowest BCUT2D eigenvalue weighted by Crippen LogP contribution is -2.20. The predicted octanol–water partition coefficient (Wildman–Crippen LogP) is 2.57. The van der Waals surface area contributed by atoms with Crippen molar-refractivity contribution >= 4 is 59.3 Å². The zero-order chi connectivity index (χ0) is 14.4. The molecule has 0 atom stereocenters. The minimum Gasteiger partial charge on any atom is -0.282 e. The molecular weight excluding hydrogens is 404 g/mol. The molecule has 0 spiro atoms. The summed E-state index contributed by atoms with van der Waals surface area (Å²) in [5.74, 6) is -0.210. The molecule has 0 saturated carbocycles. The van der Waals surface area contributed by atoms with Crippen LogP contribution in [0.25, 0.3) is 0 Å². The molecule has 1 N–H and O–H groups in total. The number of carbonyl (C=O) groups is 1. The van der Waals surface area contributed by atoms with E-state index >= 15 is 0 Å². The molecule has 1 aliphatic heterocycles. The van der Waals surface area contributed by atoms with Crippen molar-refractivity contribution in [2.45, 2.75) is 18.2 Å². The van der Waals surface area contributed by atoms with Crippen LogP contribution in [-0.2, 0) is 14.9 Å². The van der Waals surface area contributed by atoms with Crippen molar-refractivity contribution in [3.05, 3.63) is 21.1 Å². The topological polar surface area (TPSA) is 87.0 Å². The number of anilines is 1. The summed E-state index contributed by atoms with van der Waals surface area (Å²) in [4.78, 5) is 11.5. The molecule has 19 heavy (non-hydrogen) atoms. The summed E-state index contributed by atoms with van der Waals surface area (Å²) in [6, 6.07) is 2.43. The highest BCUT2D eigenvalue weighted by Gasteiger charge is 2.27. The van der Waals surface area contributed by atoms with Gasteiger partial charge in [0.25, 0.3) is 16.0 Å². The zero-order valence-electron chi connectivity index (χ0n) is 9.59. The lowest BCUT2D eigenvalue weighted by Gasteiger charge is -2.16. The van der Waals surface area contributed by atoms with Gasteiger partial charge in [0, 0.05) is 14.7 Å². The van der Waals surface area contributed by atoms with E-state index in [0.717, 1.165) is 0 Å². The summed E-state index contributed by atoms with van der Waals surface area (Å²) in [7, 11) is -4.31. The van der Waals surface area contributed by atoms with Crippen LogP contribution in [0.5, 0.6) is 0 Å². The first-order chi connectivity index (χ1) is 8.70. The van der Waals surface area contributed by atoms with Crippen molar-refractivity contribution in [1.29, 1.82) is 0 Å². The highest BCUT2D eigenvalue weighted by molar-refractivity contribution is 9.11. The van der Waals surface area contributed by atoms with Crippen LogP contribution in [0.1, 0.15) is 13.3 Å². The van der Waals surface area contributed by atoms with Gasteiger partial charge >= 0.3 is 0 Å². The summed E-state index contributed by atoms with van der Waals surface area (Å²) < 4.78 is 31.9. The average Bonchev–Trinajstić information content (AvgIpc) is 2.55. The van der Waals surface area contributed by atoms with Crippen molar-refractivity contribution in [3.63, 3.8) is 0 Å². The molecule has 6 nitrogen and oxygen atoms in total. The summed E-state index contributed by atoms with van der Waals surface area (Å²) in [6.07, 6.45) is 0.221. The van der Waals surface area contributed by atoms with E-state index in [0.29, 0.717) is 20.3 Å². The van der Waals surface area contributed by atoms with Crippen molar-refractivity contribution in [2.75, 3.05) is 5.01 Å². The monoisotopic (exact) mass is 410 g/mol. The quantitative estimate of drug-likeness (QED) is 0.757. The van der Waals surface area contributed by atoms with Crippen LogP contribution >= 0.6 is 31.9 Å². The van der Waals surface area contributed by atoms with Crippen LogP contribution in [0, 0.1) is 0 Å². The molecule has 0 aliphatic carbocycles. The van der Waals surface area contributed by atoms with Gasteiger partial charge in [-0.05, 0) is 50.9 Å². The molecule has 1 aromatic carbocycles. The van der Waals surface area contributed by atoms with Crippen LogP contribution in [0.2, 0.25) is 0 Å². The molecule has 1 heterocycles. The third-order valence-electron chi connectivity index (χ3n) is 2.41. The van der Waals surface area contributed by atoms with Gasteiger partial charge in [0.15, 0.2) is 0 Å². The Morgan fingerprint density at radius 2 is 1.84 bits per heavy atom. The van der Waals surface area contributed by atoms with E-state index in [9.17, 15) is 13.2 Å². The molecule has 0 fully saturated rings. The van der Waals surface area contributed by atoms with E-state index in [1.54, 1.807) is 6.92 Å². The van der Waals surface area contributed by atoms with Crippen LogP contribution in [0.15, 0.2) is 31.1 Å². The van der Waals surface area contributed by atoms with Crippen molar-refractivity contribution in [1.82, 2.24) is 0 Å². The van der Waals surface area contributed by atoms with Crippen molar-refractivity contribution in [3.8, 4) is 0 Å². The number of hydrazone groups is 1. The number of amides is 1. The van der Waals surface area contributed by atoms with E-state index in [-0.39, 0.29) is 17.2 Å². The third-order valence-corrected chi connectivity index (χ3v) is 4.45. The standard InChI is InChI=1S/C10H8Br2N2O4S/c1-5-2-9(15)14(13-5)10-7(11)3-6(4-8(10)12)19(16,17)18/h3-4H,2H2,1H3,(H,16,17,18). The first kappa shape index (κ1) is 14.6. The Balaban J connectivity index is 2.58. The van der Waals surface area contributed by atoms with Gasteiger partial charge < -0.3 is 0 Å². The minimum atomic E-state index is -4.31. The van der Waals surface area contributed by atoms with Gasteiger partial charge in [-0.1, -0.05) is 0 Å². The minimum absolute atomic E-state index is 0.210. The van der Waals surface area contributed by atoms with Gasteiger partial charge in [0.1, 0.15) is 0 Å². The highest BCUT2D eigenvalue weighted by atomic mass is 79.9. The molecule has 1 aliphatic rings. The Hall–Kier alpha value is -0.770. The Morgan fingerprint density at radius 1 is 1.32 bits per heavy atom. The Bertz CT molecular complexity index is 676. The van der Waals surface area contributed by atoms with Crippen LogP contribution < -0.4 is 5.01 Å². The maximum Gasteiger partial charge on any atom is 0.294 e. The second kappa shape index (κ2) is 4.97. The Morgan fingerprint density at radius 3 is 2.21 bits per heavy atom. The summed E-state index contributed by atoms with van der Waals surface area (Å²) in [5.41, 5.74) is 1.07. The fourth-order valence-corrected chi connectivity index (χ4v) is 3.98. The van der Waals surface area contributed by atoms with Crippen LogP contribution in [0.3, 0.4) is 0 Å². The lowest BCUT2D eigenvalue weighted by molar-refractivity contribution is -0.116. The Labute approximate surface area is 126 Å². The number of nitrogens with zero attached hydrogens (tertiary/aromatic N) is 2. The van der Waals surface area contributed by atoms with Crippen LogP contribution in [-0.4, -0.2) is 24.6 Å². The van der Waals surface area contributed by atoms with Gasteiger partial charge in [-0.3, -0.25) is 9.35 Å². The van der Waals surface area contributed by atoms with Gasteiger partial charge in [-0.25, -0.2) is 0 Å². The highest BCUT2D eigenvalue weighted by Crippen LogP contribution is 2.38. The van der Waals surface area contributed by atoms with E-state index in [1.165, 1.54) is 17.1 Å². The second-order valence-electron chi connectivity index (χ2n) is 3.93. The summed E-state index contributed by atoms with van der Waals surface area (Å²) in [5, 5.41) is 5.27.